The molecule has 1 saturated heterocycles. The van der Waals surface area contributed by atoms with Crippen molar-refractivity contribution < 1.29 is 21.6 Å². The van der Waals surface area contributed by atoms with Gasteiger partial charge in [0.25, 0.3) is 0 Å². The van der Waals surface area contributed by atoms with E-state index in [0.717, 1.165) is 18.4 Å². The monoisotopic (exact) mass is 294 g/mol. The fourth-order valence-electron chi connectivity index (χ4n) is 1.93. The van der Waals surface area contributed by atoms with Gasteiger partial charge in [0.05, 0.1) is 5.56 Å². The maximum Gasteiger partial charge on any atom is 0.416 e. The average Bonchev–Trinajstić information content (AvgIpc) is 2.77. The Hall–Kier alpha value is -1.12. The summed E-state index contributed by atoms with van der Waals surface area (Å²) in [4.78, 5) is 0. The van der Waals surface area contributed by atoms with Gasteiger partial charge in [-0.1, -0.05) is 12.1 Å². The number of alkyl halides is 3. The third kappa shape index (κ3) is 3.26. The summed E-state index contributed by atoms with van der Waals surface area (Å²) in [6, 6.07) is 4.37. The van der Waals surface area contributed by atoms with E-state index in [1.165, 1.54) is 12.1 Å². The summed E-state index contributed by atoms with van der Waals surface area (Å²) in [5, 5.41) is -0.722. The van der Waals surface area contributed by atoms with Crippen LogP contribution in [0.15, 0.2) is 24.3 Å². The number of hydrazine groups is 1. The summed E-state index contributed by atoms with van der Waals surface area (Å²) in [6.07, 6.45) is -2.97. The molecular formula is C11H13F3N2O2S. The Morgan fingerprint density at radius 1 is 1.16 bits per heavy atom. The van der Waals surface area contributed by atoms with E-state index >= 15 is 0 Å². The van der Waals surface area contributed by atoms with E-state index in [1.54, 1.807) is 0 Å². The van der Waals surface area contributed by atoms with Gasteiger partial charge in [-0.15, -0.1) is 0 Å². The predicted octanol–water partition coefficient (Wildman–Crippen LogP) is 1.62. The predicted molar refractivity (Wildman–Crippen MR) is 63.7 cm³/mol. The standard InChI is InChI=1S/C11H13F3N2O2S/c1-19(17,18)10-6-9(15-16-10)7-2-4-8(5-3-7)11(12,13)14/h2-5,9-10,15-16H,6H2,1H3. The molecule has 2 N–H and O–H groups in total. The van der Waals surface area contributed by atoms with Gasteiger partial charge in [-0.25, -0.2) is 19.3 Å². The van der Waals surface area contributed by atoms with E-state index in [2.05, 4.69) is 10.9 Å². The fraction of sp³-hybridized carbons (Fsp3) is 0.455. The molecule has 1 heterocycles. The summed E-state index contributed by atoms with van der Waals surface area (Å²) in [5.41, 5.74) is 5.30. The summed E-state index contributed by atoms with van der Waals surface area (Å²) < 4.78 is 59.9. The van der Waals surface area contributed by atoms with Crippen LogP contribution in [0.2, 0.25) is 0 Å². The highest BCUT2D eigenvalue weighted by atomic mass is 32.2. The molecule has 8 heteroatoms. The zero-order valence-electron chi connectivity index (χ0n) is 10.0. The van der Waals surface area contributed by atoms with Crippen molar-refractivity contribution in [3.05, 3.63) is 35.4 Å². The van der Waals surface area contributed by atoms with Crippen molar-refractivity contribution in [2.75, 3.05) is 6.26 Å². The first-order valence-electron chi connectivity index (χ1n) is 5.55. The van der Waals surface area contributed by atoms with Crippen molar-refractivity contribution in [2.45, 2.75) is 24.0 Å². The minimum atomic E-state index is -4.37. The third-order valence-corrected chi connectivity index (χ3v) is 4.37. The van der Waals surface area contributed by atoms with Gasteiger partial charge in [-0.05, 0) is 24.1 Å². The number of nitrogens with one attached hydrogen (secondary N) is 2. The number of halogens is 3. The molecule has 0 radical (unpaired) electrons. The van der Waals surface area contributed by atoms with Crippen LogP contribution in [0.5, 0.6) is 0 Å². The van der Waals surface area contributed by atoms with Crippen molar-refractivity contribution in [1.29, 1.82) is 0 Å². The second-order valence-corrected chi connectivity index (χ2v) is 6.74. The highest BCUT2D eigenvalue weighted by Crippen LogP contribution is 2.31. The first-order valence-corrected chi connectivity index (χ1v) is 7.50. The van der Waals surface area contributed by atoms with Crippen molar-refractivity contribution in [2.24, 2.45) is 0 Å². The zero-order valence-corrected chi connectivity index (χ0v) is 10.8. The molecule has 2 atom stereocenters. The Kier molecular flexibility index (Phi) is 3.59. The molecule has 0 spiro atoms. The van der Waals surface area contributed by atoms with Gasteiger partial charge < -0.3 is 0 Å². The number of hydrogen-bond donors (Lipinski definition) is 2. The van der Waals surface area contributed by atoms with Crippen LogP contribution in [0.1, 0.15) is 23.6 Å². The van der Waals surface area contributed by atoms with Gasteiger partial charge in [0.15, 0.2) is 9.84 Å². The maximum absolute atomic E-state index is 12.4. The van der Waals surface area contributed by atoms with Crippen LogP contribution < -0.4 is 10.9 Å². The molecule has 1 aromatic carbocycles. The summed E-state index contributed by atoms with van der Waals surface area (Å²) in [7, 11) is -3.23. The summed E-state index contributed by atoms with van der Waals surface area (Å²) in [5.74, 6) is 0. The molecule has 19 heavy (non-hydrogen) atoms. The molecule has 0 aliphatic carbocycles. The van der Waals surface area contributed by atoms with Crippen molar-refractivity contribution in [1.82, 2.24) is 10.9 Å². The largest absolute Gasteiger partial charge is 0.416 e. The van der Waals surface area contributed by atoms with Gasteiger partial charge in [-0.2, -0.15) is 13.2 Å². The van der Waals surface area contributed by atoms with E-state index in [9.17, 15) is 21.6 Å². The Morgan fingerprint density at radius 3 is 2.16 bits per heavy atom. The molecule has 4 nitrogen and oxygen atoms in total. The molecule has 0 saturated carbocycles. The zero-order chi connectivity index (χ0) is 14.3. The number of benzene rings is 1. The molecule has 0 bridgehead atoms. The van der Waals surface area contributed by atoms with E-state index in [4.69, 9.17) is 0 Å². The maximum atomic E-state index is 12.4. The van der Waals surface area contributed by atoms with Gasteiger partial charge in [0, 0.05) is 12.3 Å². The van der Waals surface area contributed by atoms with Crippen LogP contribution >= 0.6 is 0 Å². The van der Waals surface area contributed by atoms with Crippen molar-refractivity contribution in [3.8, 4) is 0 Å². The second-order valence-electron chi connectivity index (χ2n) is 4.51. The lowest BCUT2D eigenvalue weighted by Crippen LogP contribution is -2.35. The molecule has 2 unspecified atom stereocenters. The normalized spacial score (nSPS) is 24.6. The molecular weight excluding hydrogens is 281 g/mol. The van der Waals surface area contributed by atoms with Crippen molar-refractivity contribution >= 4 is 9.84 Å². The molecule has 1 aromatic rings. The first kappa shape index (κ1) is 14.3. The molecule has 2 rings (SSSR count). The first-order chi connectivity index (χ1) is 8.68. The minimum absolute atomic E-state index is 0.282. The Labute approximate surface area is 108 Å². The van der Waals surface area contributed by atoms with Crippen LogP contribution in [-0.4, -0.2) is 20.0 Å². The van der Waals surface area contributed by atoms with Crippen molar-refractivity contribution in [3.63, 3.8) is 0 Å². The topological polar surface area (TPSA) is 58.2 Å². The van der Waals surface area contributed by atoms with E-state index in [0.29, 0.717) is 5.56 Å². The quantitative estimate of drug-likeness (QED) is 0.870. The SMILES string of the molecule is CS(=O)(=O)C1CC(c2ccc(C(F)(F)F)cc2)NN1. The van der Waals surface area contributed by atoms with Crippen LogP contribution in [0.3, 0.4) is 0 Å². The molecule has 0 aromatic heterocycles. The number of rotatable bonds is 2. The highest BCUT2D eigenvalue weighted by Gasteiger charge is 2.33. The third-order valence-electron chi connectivity index (χ3n) is 3.03. The van der Waals surface area contributed by atoms with Crippen LogP contribution in [-0.2, 0) is 16.0 Å². The lowest BCUT2D eigenvalue weighted by atomic mass is 10.0. The molecule has 1 aliphatic rings. The summed E-state index contributed by atoms with van der Waals surface area (Å²) in [6.45, 7) is 0. The molecule has 1 fully saturated rings. The lowest BCUT2D eigenvalue weighted by Gasteiger charge is -2.11. The van der Waals surface area contributed by atoms with Gasteiger partial charge in [0.2, 0.25) is 0 Å². The highest BCUT2D eigenvalue weighted by molar-refractivity contribution is 7.91. The van der Waals surface area contributed by atoms with Gasteiger partial charge in [0.1, 0.15) is 5.37 Å². The smallest absolute Gasteiger partial charge is 0.249 e. The lowest BCUT2D eigenvalue weighted by molar-refractivity contribution is -0.137. The Bertz CT molecular complexity index is 554. The second kappa shape index (κ2) is 4.77. The molecule has 1 aliphatic heterocycles. The summed E-state index contributed by atoms with van der Waals surface area (Å²) >= 11 is 0. The van der Waals surface area contributed by atoms with Crippen LogP contribution in [0.25, 0.3) is 0 Å². The number of hydrogen-bond acceptors (Lipinski definition) is 4. The average molecular weight is 294 g/mol. The van der Waals surface area contributed by atoms with Crippen LogP contribution in [0, 0.1) is 0 Å². The Balaban J connectivity index is 2.13. The van der Waals surface area contributed by atoms with E-state index < -0.39 is 27.0 Å². The van der Waals surface area contributed by atoms with E-state index in [-0.39, 0.29) is 12.5 Å². The molecule has 106 valence electrons. The van der Waals surface area contributed by atoms with E-state index in [1.807, 2.05) is 0 Å². The minimum Gasteiger partial charge on any atom is -0.249 e. The number of sulfone groups is 1. The fourth-order valence-corrected chi connectivity index (χ4v) is 2.76. The molecule has 0 amide bonds. The Morgan fingerprint density at radius 2 is 1.74 bits per heavy atom. The van der Waals surface area contributed by atoms with Gasteiger partial charge >= 0.3 is 6.18 Å². The van der Waals surface area contributed by atoms with Crippen LogP contribution in [0.4, 0.5) is 13.2 Å². The van der Waals surface area contributed by atoms with Gasteiger partial charge in [-0.3, -0.25) is 0 Å².